The predicted molar refractivity (Wildman–Crippen MR) is 65.7 cm³/mol. The first-order chi connectivity index (χ1) is 8.04. The lowest BCUT2D eigenvalue weighted by Crippen LogP contribution is -2.16. The fourth-order valence-electron chi connectivity index (χ4n) is 2.26. The van der Waals surface area contributed by atoms with Crippen LogP contribution in [0.4, 0.5) is 17.3 Å². The third kappa shape index (κ3) is 2.83. The van der Waals surface area contributed by atoms with Crippen molar-refractivity contribution in [3.63, 3.8) is 0 Å². The highest BCUT2D eigenvalue weighted by molar-refractivity contribution is 5.53. The maximum atomic E-state index is 10.7. The van der Waals surface area contributed by atoms with Crippen molar-refractivity contribution in [1.29, 1.82) is 0 Å². The molecule has 1 aromatic rings. The molecule has 0 radical (unpaired) electrons. The Morgan fingerprint density at radius 1 is 1.53 bits per heavy atom. The van der Waals surface area contributed by atoms with Crippen LogP contribution in [0.1, 0.15) is 26.2 Å². The summed E-state index contributed by atoms with van der Waals surface area (Å²) in [5, 5.41) is 13.9. The zero-order valence-electron chi connectivity index (χ0n) is 9.72. The Balaban J connectivity index is 2.12. The van der Waals surface area contributed by atoms with Gasteiger partial charge in [-0.1, -0.05) is 6.92 Å². The van der Waals surface area contributed by atoms with Gasteiger partial charge in [-0.15, -0.1) is 0 Å². The second-order valence-corrected chi connectivity index (χ2v) is 4.65. The number of rotatable bonds is 3. The average molecular weight is 236 g/mol. The molecule has 17 heavy (non-hydrogen) atoms. The van der Waals surface area contributed by atoms with E-state index in [1.807, 2.05) is 0 Å². The van der Waals surface area contributed by atoms with Gasteiger partial charge >= 0.3 is 0 Å². The Hall–Kier alpha value is -1.85. The number of nitro groups is 1. The number of hydrogen-bond donors (Lipinski definition) is 2. The van der Waals surface area contributed by atoms with Gasteiger partial charge in [0.25, 0.3) is 5.69 Å². The van der Waals surface area contributed by atoms with Crippen molar-refractivity contribution in [2.45, 2.75) is 32.2 Å². The summed E-state index contributed by atoms with van der Waals surface area (Å²) < 4.78 is 0. The van der Waals surface area contributed by atoms with Gasteiger partial charge in [0.15, 0.2) is 0 Å². The zero-order chi connectivity index (χ0) is 12.4. The number of nitrogens with one attached hydrogen (secondary N) is 1. The molecule has 1 fully saturated rings. The highest BCUT2D eigenvalue weighted by Gasteiger charge is 2.22. The van der Waals surface area contributed by atoms with Crippen LogP contribution in [0.15, 0.2) is 12.1 Å². The molecule has 3 N–H and O–H groups in total. The van der Waals surface area contributed by atoms with Crippen molar-refractivity contribution >= 4 is 17.3 Å². The van der Waals surface area contributed by atoms with E-state index in [1.165, 1.54) is 18.6 Å². The average Bonchev–Trinajstić information content (AvgIpc) is 2.63. The minimum absolute atomic E-state index is 0.0222. The molecule has 1 aliphatic rings. The minimum Gasteiger partial charge on any atom is -0.383 e. The highest BCUT2D eigenvalue weighted by atomic mass is 16.6. The highest BCUT2D eigenvalue weighted by Crippen LogP contribution is 2.28. The van der Waals surface area contributed by atoms with Gasteiger partial charge in [0.1, 0.15) is 11.6 Å². The molecular weight excluding hydrogens is 220 g/mol. The minimum atomic E-state index is -0.458. The molecule has 0 amide bonds. The van der Waals surface area contributed by atoms with E-state index in [2.05, 4.69) is 17.2 Å². The quantitative estimate of drug-likeness (QED) is 0.619. The third-order valence-corrected chi connectivity index (χ3v) is 3.09. The molecule has 6 heteroatoms. The number of aromatic nitrogens is 1. The van der Waals surface area contributed by atoms with E-state index in [0.29, 0.717) is 17.8 Å². The van der Waals surface area contributed by atoms with Crippen molar-refractivity contribution in [3.05, 3.63) is 22.2 Å². The van der Waals surface area contributed by atoms with E-state index in [9.17, 15) is 10.1 Å². The summed E-state index contributed by atoms with van der Waals surface area (Å²) in [6, 6.07) is 3.04. The second-order valence-electron chi connectivity index (χ2n) is 4.65. The van der Waals surface area contributed by atoms with E-state index in [1.54, 1.807) is 0 Å². The summed E-state index contributed by atoms with van der Waals surface area (Å²) >= 11 is 0. The van der Waals surface area contributed by atoms with Crippen LogP contribution in [0.5, 0.6) is 0 Å². The van der Waals surface area contributed by atoms with Crippen molar-refractivity contribution < 1.29 is 4.92 Å². The first kappa shape index (κ1) is 11.6. The summed E-state index contributed by atoms with van der Waals surface area (Å²) in [5.41, 5.74) is 5.52. The number of hydrogen-bond acceptors (Lipinski definition) is 5. The van der Waals surface area contributed by atoms with E-state index >= 15 is 0 Å². The lowest BCUT2D eigenvalue weighted by atomic mass is 10.1. The molecule has 1 heterocycles. The Morgan fingerprint density at radius 3 is 2.88 bits per heavy atom. The van der Waals surface area contributed by atoms with Gasteiger partial charge in [-0.3, -0.25) is 10.1 Å². The number of nitrogens with zero attached hydrogens (tertiary/aromatic N) is 2. The molecule has 0 aliphatic heterocycles. The molecule has 0 saturated heterocycles. The first-order valence-electron chi connectivity index (χ1n) is 5.73. The van der Waals surface area contributed by atoms with Gasteiger partial charge in [-0.2, -0.15) is 0 Å². The maximum absolute atomic E-state index is 10.7. The Kier molecular flexibility index (Phi) is 3.12. The predicted octanol–water partition coefficient (Wildman–Crippen LogP) is 2.17. The van der Waals surface area contributed by atoms with Gasteiger partial charge in [0, 0.05) is 6.04 Å². The third-order valence-electron chi connectivity index (χ3n) is 3.09. The largest absolute Gasteiger partial charge is 0.383 e. The maximum Gasteiger partial charge on any atom is 0.276 e. The molecule has 2 atom stereocenters. The first-order valence-corrected chi connectivity index (χ1v) is 5.73. The molecule has 2 rings (SSSR count). The fraction of sp³-hybridized carbons (Fsp3) is 0.545. The molecule has 1 aromatic heterocycles. The molecule has 1 saturated carbocycles. The van der Waals surface area contributed by atoms with E-state index in [4.69, 9.17) is 5.73 Å². The zero-order valence-corrected chi connectivity index (χ0v) is 9.72. The second kappa shape index (κ2) is 4.57. The van der Waals surface area contributed by atoms with Gasteiger partial charge in [0.2, 0.25) is 0 Å². The van der Waals surface area contributed by atoms with Gasteiger partial charge in [-0.05, 0) is 25.2 Å². The van der Waals surface area contributed by atoms with Crippen LogP contribution < -0.4 is 11.1 Å². The molecule has 92 valence electrons. The van der Waals surface area contributed by atoms with Crippen LogP contribution in [-0.2, 0) is 0 Å². The van der Waals surface area contributed by atoms with Crippen molar-refractivity contribution in [1.82, 2.24) is 4.98 Å². The van der Waals surface area contributed by atoms with Crippen molar-refractivity contribution in [3.8, 4) is 0 Å². The van der Waals surface area contributed by atoms with Crippen LogP contribution in [0, 0.1) is 16.0 Å². The summed E-state index contributed by atoms with van der Waals surface area (Å²) in [6.07, 6.45) is 3.33. The van der Waals surface area contributed by atoms with Crippen LogP contribution in [-0.4, -0.2) is 15.9 Å². The molecule has 0 spiro atoms. The molecule has 2 unspecified atom stereocenters. The van der Waals surface area contributed by atoms with E-state index in [0.717, 1.165) is 12.8 Å². The van der Waals surface area contributed by atoms with E-state index in [-0.39, 0.29) is 11.5 Å². The standard InChI is InChI=1S/C11H16N4O2/c1-7-2-3-8(4-7)13-11-6-9(15(16)17)5-10(12)14-11/h5-8H,2-4H2,1H3,(H3,12,13,14). The van der Waals surface area contributed by atoms with Gasteiger partial charge < -0.3 is 11.1 Å². The lowest BCUT2D eigenvalue weighted by Gasteiger charge is -2.13. The SMILES string of the molecule is CC1CCC(Nc2cc([N+](=O)[O-])cc(N)n2)C1. The normalized spacial score (nSPS) is 23.6. The summed E-state index contributed by atoms with van der Waals surface area (Å²) in [5.74, 6) is 1.37. The van der Waals surface area contributed by atoms with Crippen LogP contribution in [0.25, 0.3) is 0 Å². The Labute approximate surface area is 99.4 Å². The topological polar surface area (TPSA) is 94.1 Å². The molecule has 0 aromatic carbocycles. The Bertz CT molecular complexity index is 435. The molecular formula is C11H16N4O2. The van der Waals surface area contributed by atoms with Crippen LogP contribution >= 0.6 is 0 Å². The fourth-order valence-corrected chi connectivity index (χ4v) is 2.26. The number of pyridine rings is 1. The lowest BCUT2D eigenvalue weighted by molar-refractivity contribution is -0.384. The monoisotopic (exact) mass is 236 g/mol. The molecule has 1 aliphatic carbocycles. The summed E-state index contributed by atoms with van der Waals surface area (Å²) in [4.78, 5) is 14.3. The molecule has 6 nitrogen and oxygen atoms in total. The van der Waals surface area contributed by atoms with Gasteiger partial charge in [-0.25, -0.2) is 4.98 Å². The summed E-state index contributed by atoms with van der Waals surface area (Å²) in [7, 11) is 0. The number of nitrogen functional groups attached to an aromatic ring is 1. The number of nitrogens with two attached hydrogens (primary N) is 1. The van der Waals surface area contributed by atoms with Crippen LogP contribution in [0.2, 0.25) is 0 Å². The van der Waals surface area contributed by atoms with Gasteiger partial charge in [0.05, 0.1) is 17.1 Å². The van der Waals surface area contributed by atoms with Crippen molar-refractivity contribution in [2.24, 2.45) is 5.92 Å². The van der Waals surface area contributed by atoms with Crippen molar-refractivity contribution in [2.75, 3.05) is 11.1 Å². The molecule has 0 bridgehead atoms. The van der Waals surface area contributed by atoms with Crippen LogP contribution in [0.3, 0.4) is 0 Å². The summed E-state index contributed by atoms with van der Waals surface area (Å²) in [6.45, 7) is 2.21. The Morgan fingerprint density at radius 2 is 2.29 bits per heavy atom. The smallest absolute Gasteiger partial charge is 0.276 e. The van der Waals surface area contributed by atoms with E-state index < -0.39 is 4.92 Å². The number of anilines is 2.